The van der Waals surface area contributed by atoms with Gasteiger partial charge in [-0.25, -0.2) is 4.98 Å². The van der Waals surface area contributed by atoms with Gasteiger partial charge in [-0.2, -0.15) is 0 Å². The van der Waals surface area contributed by atoms with Gasteiger partial charge in [0.05, 0.1) is 17.7 Å². The number of hydrogen-bond acceptors (Lipinski definition) is 2. The van der Waals surface area contributed by atoms with Gasteiger partial charge in [-0.05, 0) is 12.8 Å². The highest BCUT2D eigenvalue weighted by Gasteiger charge is 2.20. The lowest BCUT2D eigenvalue weighted by molar-refractivity contribution is 0.435. The number of aryl methyl sites for hydroxylation is 1. The fourth-order valence-electron chi connectivity index (χ4n) is 2.44. The first-order chi connectivity index (χ1) is 6.83. The van der Waals surface area contributed by atoms with E-state index in [0.29, 0.717) is 12.5 Å². The van der Waals surface area contributed by atoms with Gasteiger partial charge < -0.3 is 10.3 Å². The third-order valence-electron chi connectivity index (χ3n) is 3.28. The molecule has 1 heterocycles. The normalized spacial score (nSPS) is 18.7. The van der Waals surface area contributed by atoms with E-state index in [4.69, 9.17) is 5.73 Å². The third-order valence-corrected chi connectivity index (χ3v) is 3.28. The van der Waals surface area contributed by atoms with Gasteiger partial charge in [0.1, 0.15) is 0 Å². The molecule has 1 fully saturated rings. The molecule has 1 aliphatic carbocycles. The zero-order chi connectivity index (χ0) is 9.97. The summed E-state index contributed by atoms with van der Waals surface area (Å²) in [5.74, 6) is 0.670. The summed E-state index contributed by atoms with van der Waals surface area (Å²) in [4.78, 5) is 4.49. The topological polar surface area (TPSA) is 43.8 Å². The number of imidazole rings is 1. The Morgan fingerprint density at radius 1 is 1.43 bits per heavy atom. The second-order valence-electron chi connectivity index (χ2n) is 4.23. The van der Waals surface area contributed by atoms with Crippen LogP contribution >= 0.6 is 0 Å². The standard InChI is InChI=1S/C11H19N3/c1-14-8-13-11(10(14)7-12)9-5-3-2-4-6-9/h8-9H,2-7,12H2,1H3. The van der Waals surface area contributed by atoms with Crippen LogP contribution in [-0.4, -0.2) is 9.55 Å². The minimum Gasteiger partial charge on any atom is -0.336 e. The summed E-state index contributed by atoms with van der Waals surface area (Å²) in [5, 5.41) is 0. The molecule has 3 heteroatoms. The molecule has 0 amide bonds. The maximum Gasteiger partial charge on any atom is 0.0949 e. The third kappa shape index (κ3) is 1.69. The van der Waals surface area contributed by atoms with E-state index in [0.717, 1.165) is 0 Å². The molecule has 78 valence electrons. The summed E-state index contributed by atoms with van der Waals surface area (Å²) in [7, 11) is 2.03. The van der Waals surface area contributed by atoms with E-state index in [9.17, 15) is 0 Å². The Bertz CT molecular complexity index is 297. The molecule has 1 saturated carbocycles. The maximum atomic E-state index is 5.74. The summed E-state index contributed by atoms with van der Waals surface area (Å²) in [6.07, 6.45) is 8.58. The fraction of sp³-hybridized carbons (Fsp3) is 0.727. The first-order valence-corrected chi connectivity index (χ1v) is 5.53. The predicted octanol–water partition coefficient (Wildman–Crippen LogP) is 1.93. The summed E-state index contributed by atoms with van der Waals surface area (Å²) >= 11 is 0. The molecular weight excluding hydrogens is 174 g/mol. The van der Waals surface area contributed by atoms with E-state index < -0.39 is 0 Å². The fourth-order valence-corrected chi connectivity index (χ4v) is 2.44. The van der Waals surface area contributed by atoms with Crippen LogP contribution in [0.5, 0.6) is 0 Å². The molecule has 0 aromatic carbocycles. The van der Waals surface area contributed by atoms with Crippen molar-refractivity contribution in [3.63, 3.8) is 0 Å². The lowest BCUT2D eigenvalue weighted by Gasteiger charge is -2.21. The maximum absolute atomic E-state index is 5.74. The highest BCUT2D eigenvalue weighted by atomic mass is 15.0. The number of hydrogen-bond donors (Lipinski definition) is 1. The van der Waals surface area contributed by atoms with Gasteiger partial charge in [-0.3, -0.25) is 0 Å². The van der Waals surface area contributed by atoms with Crippen molar-refractivity contribution in [1.82, 2.24) is 9.55 Å². The largest absolute Gasteiger partial charge is 0.336 e. The zero-order valence-electron chi connectivity index (χ0n) is 8.87. The molecule has 2 N–H and O–H groups in total. The highest BCUT2D eigenvalue weighted by Crippen LogP contribution is 2.33. The number of aromatic nitrogens is 2. The van der Waals surface area contributed by atoms with E-state index >= 15 is 0 Å². The van der Waals surface area contributed by atoms with Crippen LogP contribution in [-0.2, 0) is 13.6 Å². The van der Waals surface area contributed by atoms with E-state index in [1.54, 1.807) is 0 Å². The first kappa shape index (κ1) is 9.71. The summed E-state index contributed by atoms with van der Waals surface area (Å²) < 4.78 is 2.06. The summed E-state index contributed by atoms with van der Waals surface area (Å²) in [5.41, 5.74) is 8.22. The summed E-state index contributed by atoms with van der Waals surface area (Å²) in [6, 6.07) is 0. The Morgan fingerprint density at radius 2 is 2.14 bits per heavy atom. The quantitative estimate of drug-likeness (QED) is 0.780. The first-order valence-electron chi connectivity index (χ1n) is 5.53. The molecule has 1 aromatic rings. The van der Waals surface area contributed by atoms with E-state index in [2.05, 4.69) is 9.55 Å². The molecule has 0 spiro atoms. The van der Waals surface area contributed by atoms with Crippen molar-refractivity contribution in [2.24, 2.45) is 12.8 Å². The van der Waals surface area contributed by atoms with Crippen LogP contribution in [0.1, 0.15) is 49.4 Å². The van der Waals surface area contributed by atoms with Crippen LogP contribution in [0.3, 0.4) is 0 Å². The van der Waals surface area contributed by atoms with Gasteiger partial charge in [-0.15, -0.1) is 0 Å². The van der Waals surface area contributed by atoms with Gasteiger partial charge >= 0.3 is 0 Å². The van der Waals surface area contributed by atoms with Crippen molar-refractivity contribution in [2.75, 3.05) is 0 Å². The molecule has 1 aromatic heterocycles. The van der Waals surface area contributed by atoms with Gasteiger partial charge in [0.15, 0.2) is 0 Å². The lowest BCUT2D eigenvalue weighted by Crippen LogP contribution is -2.11. The second kappa shape index (κ2) is 4.13. The molecule has 14 heavy (non-hydrogen) atoms. The zero-order valence-corrected chi connectivity index (χ0v) is 8.87. The smallest absolute Gasteiger partial charge is 0.0949 e. The van der Waals surface area contributed by atoms with Gasteiger partial charge in [0.25, 0.3) is 0 Å². The SMILES string of the molecule is Cn1cnc(C2CCCCC2)c1CN. The monoisotopic (exact) mass is 193 g/mol. The van der Waals surface area contributed by atoms with Gasteiger partial charge in [0.2, 0.25) is 0 Å². The molecule has 0 atom stereocenters. The van der Waals surface area contributed by atoms with E-state index in [1.807, 2.05) is 13.4 Å². The molecule has 0 saturated heterocycles. The minimum atomic E-state index is 0.613. The molecule has 0 aliphatic heterocycles. The Labute approximate surface area is 85.3 Å². The Hall–Kier alpha value is -0.830. The van der Waals surface area contributed by atoms with Crippen molar-refractivity contribution in [1.29, 1.82) is 0 Å². The average molecular weight is 193 g/mol. The minimum absolute atomic E-state index is 0.613. The molecule has 0 radical (unpaired) electrons. The van der Waals surface area contributed by atoms with Gasteiger partial charge in [-0.1, -0.05) is 19.3 Å². The summed E-state index contributed by atoms with van der Waals surface area (Å²) in [6.45, 7) is 0.613. The van der Waals surface area contributed by atoms with Crippen molar-refractivity contribution >= 4 is 0 Å². The predicted molar refractivity (Wildman–Crippen MR) is 56.9 cm³/mol. The molecule has 1 aliphatic rings. The highest BCUT2D eigenvalue weighted by molar-refractivity contribution is 5.18. The van der Waals surface area contributed by atoms with Crippen LogP contribution in [0, 0.1) is 0 Å². The molecule has 2 rings (SSSR count). The lowest BCUT2D eigenvalue weighted by atomic mass is 9.86. The number of rotatable bonds is 2. The van der Waals surface area contributed by atoms with E-state index in [-0.39, 0.29) is 0 Å². The van der Waals surface area contributed by atoms with Crippen LogP contribution < -0.4 is 5.73 Å². The molecule has 0 bridgehead atoms. The van der Waals surface area contributed by atoms with Crippen LogP contribution in [0.15, 0.2) is 6.33 Å². The Balaban J connectivity index is 2.21. The Morgan fingerprint density at radius 3 is 2.79 bits per heavy atom. The number of nitrogens with zero attached hydrogens (tertiary/aromatic N) is 2. The van der Waals surface area contributed by atoms with Crippen molar-refractivity contribution in [2.45, 2.75) is 44.6 Å². The van der Waals surface area contributed by atoms with Crippen molar-refractivity contribution in [3.05, 3.63) is 17.7 Å². The van der Waals surface area contributed by atoms with Crippen molar-refractivity contribution < 1.29 is 0 Å². The Kier molecular flexibility index (Phi) is 2.87. The molecule has 3 nitrogen and oxygen atoms in total. The molecular formula is C11H19N3. The second-order valence-corrected chi connectivity index (χ2v) is 4.23. The van der Waals surface area contributed by atoms with E-state index in [1.165, 1.54) is 43.5 Å². The van der Waals surface area contributed by atoms with Crippen LogP contribution in [0.25, 0.3) is 0 Å². The van der Waals surface area contributed by atoms with Crippen LogP contribution in [0.2, 0.25) is 0 Å². The molecule has 0 unspecified atom stereocenters. The average Bonchev–Trinajstić information content (AvgIpc) is 2.61. The number of nitrogens with two attached hydrogens (primary N) is 1. The van der Waals surface area contributed by atoms with Crippen molar-refractivity contribution in [3.8, 4) is 0 Å². The van der Waals surface area contributed by atoms with Crippen LogP contribution in [0.4, 0.5) is 0 Å². The van der Waals surface area contributed by atoms with Gasteiger partial charge in [0, 0.05) is 19.5 Å².